The molecule has 43 heavy (non-hydrogen) atoms. The summed E-state index contributed by atoms with van der Waals surface area (Å²) in [6, 6.07) is 5.19. The first-order chi connectivity index (χ1) is 20.5. The second-order valence-corrected chi connectivity index (χ2v) is 16.1. The highest BCUT2D eigenvalue weighted by atomic mass is 32.2. The molecule has 1 rings (SSSR count). The van der Waals surface area contributed by atoms with Gasteiger partial charge in [0, 0.05) is 70.5 Å². The first-order valence-electron chi connectivity index (χ1n) is 14.8. The highest BCUT2D eigenvalue weighted by molar-refractivity contribution is 7.90. The summed E-state index contributed by atoms with van der Waals surface area (Å²) in [5, 5.41) is 7.95. The molecule has 248 valence electrons. The Hall–Kier alpha value is -2.10. The van der Waals surface area contributed by atoms with Crippen LogP contribution in [0.2, 0.25) is 12.1 Å². The van der Waals surface area contributed by atoms with Gasteiger partial charge in [-0.15, -0.1) is 0 Å². The minimum atomic E-state index is -4.13. The lowest BCUT2D eigenvalue weighted by Gasteiger charge is -2.28. The lowest BCUT2D eigenvalue weighted by Crippen LogP contribution is -2.47. The molecule has 4 amide bonds. The Labute approximate surface area is 258 Å². The van der Waals surface area contributed by atoms with E-state index >= 15 is 0 Å². The summed E-state index contributed by atoms with van der Waals surface area (Å²) in [5.41, 5.74) is 0.383. The summed E-state index contributed by atoms with van der Waals surface area (Å²) in [5.74, 6) is 0. The maximum Gasteiger partial charge on any atom is 0.500 e. The lowest BCUT2D eigenvalue weighted by molar-refractivity contribution is 0.0701. The van der Waals surface area contributed by atoms with Crippen molar-refractivity contribution >= 4 is 45.4 Å². The summed E-state index contributed by atoms with van der Waals surface area (Å²) in [6.45, 7) is 14.6. The molecule has 0 spiro atoms. The lowest BCUT2D eigenvalue weighted by atomic mass is 10.3. The highest BCUT2D eigenvalue weighted by Crippen LogP contribution is 2.19. The zero-order valence-electron chi connectivity index (χ0n) is 26.3. The monoisotopic (exact) mass is 666 g/mol. The van der Waals surface area contributed by atoms with E-state index in [1.807, 2.05) is 46.3 Å². The van der Waals surface area contributed by atoms with Crippen LogP contribution in [-0.4, -0.2) is 90.8 Å². The second-order valence-electron chi connectivity index (χ2n) is 8.94. The van der Waals surface area contributed by atoms with Crippen molar-refractivity contribution < 1.29 is 44.6 Å². The molecular weight excluding hydrogens is 617 g/mol. The third kappa shape index (κ3) is 14.5. The van der Waals surface area contributed by atoms with Crippen LogP contribution in [0.4, 0.5) is 15.3 Å². The van der Waals surface area contributed by atoms with Crippen LogP contribution >= 0.6 is 0 Å². The van der Waals surface area contributed by atoms with Crippen molar-refractivity contribution in [1.82, 2.24) is 15.4 Å². The summed E-state index contributed by atoms with van der Waals surface area (Å²) in [7, 11) is -9.76. The number of hydrogen-bond donors (Lipinski definition) is 4. The van der Waals surface area contributed by atoms with Crippen LogP contribution in [0, 0.1) is 0 Å². The van der Waals surface area contributed by atoms with Gasteiger partial charge < -0.3 is 42.5 Å². The molecule has 0 saturated heterocycles. The molecule has 0 heterocycles. The zero-order valence-corrected chi connectivity index (χ0v) is 29.1. The quantitative estimate of drug-likeness (QED) is 0.0998. The van der Waals surface area contributed by atoms with Crippen LogP contribution < -0.4 is 20.7 Å². The van der Waals surface area contributed by atoms with Gasteiger partial charge in [0.2, 0.25) is 0 Å². The normalized spacial score (nSPS) is 12.1. The molecule has 1 aromatic rings. The second kappa shape index (κ2) is 20.8. The molecule has 0 bridgehead atoms. The van der Waals surface area contributed by atoms with Crippen molar-refractivity contribution in [3.63, 3.8) is 0 Å². The Kier molecular flexibility index (Phi) is 18.8. The summed E-state index contributed by atoms with van der Waals surface area (Å²) >= 11 is 0. The van der Waals surface area contributed by atoms with Gasteiger partial charge in [-0.25, -0.2) is 22.7 Å². The number of urea groups is 2. The van der Waals surface area contributed by atoms with Crippen molar-refractivity contribution in [2.45, 2.75) is 71.4 Å². The van der Waals surface area contributed by atoms with Crippen LogP contribution in [0.5, 0.6) is 0 Å². The zero-order chi connectivity index (χ0) is 32.2. The van der Waals surface area contributed by atoms with Crippen molar-refractivity contribution in [3.8, 4) is 0 Å². The van der Waals surface area contributed by atoms with Gasteiger partial charge in [0.1, 0.15) is 0 Å². The SMILES string of the molecule is CCO[Si](CCCNC(=O)Nc1ccc(S(=O)(=O)NC(=O)NCCC[Si](OCC)(OCC)OCC)cc1)(OCC)OCC. The van der Waals surface area contributed by atoms with Gasteiger partial charge in [0.05, 0.1) is 4.90 Å². The van der Waals surface area contributed by atoms with Crippen LogP contribution in [0.3, 0.4) is 0 Å². The molecule has 0 unspecified atom stereocenters. The van der Waals surface area contributed by atoms with Gasteiger partial charge in [-0.1, -0.05) is 0 Å². The molecule has 14 nitrogen and oxygen atoms in total. The number of carbonyl (C=O) groups excluding carboxylic acids is 2. The Bertz CT molecular complexity index is 1020. The van der Waals surface area contributed by atoms with Gasteiger partial charge in [0.15, 0.2) is 0 Å². The number of hydrogen-bond acceptors (Lipinski definition) is 10. The van der Waals surface area contributed by atoms with E-state index in [1.165, 1.54) is 24.3 Å². The number of sulfonamides is 1. The number of carbonyl (C=O) groups is 2. The molecule has 0 aromatic heterocycles. The number of nitrogens with one attached hydrogen (secondary N) is 4. The molecule has 0 aliphatic carbocycles. The highest BCUT2D eigenvalue weighted by Gasteiger charge is 2.40. The van der Waals surface area contributed by atoms with Crippen LogP contribution in [0.25, 0.3) is 0 Å². The van der Waals surface area contributed by atoms with E-state index in [-0.39, 0.29) is 11.4 Å². The minimum Gasteiger partial charge on any atom is -0.374 e. The number of benzene rings is 1. The summed E-state index contributed by atoms with van der Waals surface area (Å²) in [4.78, 5) is 24.5. The first-order valence-corrected chi connectivity index (χ1v) is 20.2. The molecule has 0 aliphatic rings. The van der Waals surface area contributed by atoms with Crippen molar-refractivity contribution in [2.24, 2.45) is 0 Å². The third-order valence-corrected chi connectivity index (χ3v) is 13.4. The molecule has 0 atom stereocenters. The largest absolute Gasteiger partial charge is 0.500 e. The van der Waals surface area contributed by atoms with E-state index in [4.69, 9.17) is 26.6 Å². The first kappa shape index (κ1) is 38.9. The maximum atomic E-state index is 12.7. The van der Waals surface area contributed by atoms with Crippen molar-refractivity contribution in [3.05, 3.63) is 24.3 Å². The summed E-state index contributed by atoms with van der Waals surface area (Å²) in [6.07, 6.45) is 1.08. The van der Waals surface area contributed by atoms with Gasteiger partial charge in [-0.3, -0.25) is 0 Å². The van der Waals surface area contributed by atoms with Crippen LogP contribution in [0.15, 0.2) is 29.2 Å². The molecule has 4 N–H and O–H groups in total. The van der Waals surface area contributed by atoms with E-state index in [0.717, 1.165) is 0 Å². The van der Waals surface area contributed by atoms with E-state index in [0.29, 0.717) is 76.8 Å². The van der Waals surface area contributed by atoms with Gasteiger partial charge in [0.25, 0.3) is 10.0 Å². The smallest absolute Gasteiger partial charge is 0.374 e. The fourth-order valence-electron chi connectivity index (χ4n) is 4.13. The van der Waals surface area contributed by atoms with Gasteiger partial charge >= 0.3 is 29.7 Å². The fourth-order valence-corrected chi connectivity index (χ4v) is 10.3. The Morgan fingerprint density at radius 1 is 0.628 bits per heavy atom. The topological polar surface area (TPSA) is 172 Å². The van der Waals surface area contributed by atoms with E-state index in [1.54, 1.807) is 0 Å². The average molecular weight is 667 g/mol. The molecule has 17 heteroatoms. The molecule has 1 aromatic carbocycles. The van der Waals surface area contributed by atoms with Gasteiger partial charge in [-0.2, -0.15) is 0 Å². The Morgan fingerprint density at radius 3 is 1.37 bits per heavy atom. The molecular formula is C26H50N4O10SSi2. The van der Waals surface area contributed by atoms with E-state index < -0.39 is 39.7 Å². The average Bonchev–Trinajstić information content (AvgIpc) is 2.94. The predicted octanol–water partition coefficient (Wildman–Crippen LogP) is 3.67. The van der Waals surface area contributed by atoms with Crippen molar-refractivity contribution in [1.29, 1.82) is 0 Å². The fraction of sp³-hybridized carbons (Fsp3) is 0.692. The molecule has 0 saturated carbocycles. The van der Waals surface area contributed by atoms with Crippen LogP contribution in [-0.2, 0) is 36.6 Å². The minimum absolute atomic E-state index is 0.131. The number of amides is 4. The summed E-state index contributed by atoms with van der Waals surface area (Å²) < 4.78 is 62.1. The van der Waals surface area contributed by atoms with Gasteiger partial charge in [-0.05, 0) is 78.6 Å². The third-order valence-electron chi connectivity index (χ3n) is 5.73. The maximum absolute atomic E-state index is 12.7. The van der Waals surface area contributed by atoms with E-state index in [2.05, 4.69) is 16.0 Å². The standard InChI is InChI=1S/C26H50N4O10SSi2/c1-7-35-42(36-8-2,37-9-3)21-13-19-27-25(31)29-23-15-17-24(18-16-23)41(33,34)30-26(32)28-20-14-22-43(38-10-4,39-11-5)40-12-6/h15-18H,7-14,19-22H2,1-6H3,(H2,27,29,31)(H2,28,30,32). The molecule has 0 aliphatic heterocycles. The van der Waals surface area contributed by atoms with E-state index in [9.17, 15) is 18.0 Å². The predicted molar refractivity (Wildman–Crippen MR) is 167 cm³/mol. The van der Waals surface area contributed by atoms with Crippen molar-refractivity contribution in [2.75, 3.05) is 58.0 Å². The Morgan fingerprint density at radius 2 is 1.00 bits per heavy atom. The molecule has 0 fully saturated rings. The number of rotatable bonds is 23. The molecule has 0 radical (unpaired) electrons. The van der Waals surface area contributed by atoms with Crippen LogP contribution in [0.1, 0.15) is 54.4 Å². The Balaban J connectivity index is 2.55. The number of anilines is 1.